The molecule has 0 spiro atoms. The van der Waals surface area contributed by atoms with Crippen LogP contribution in [0.15, 0.2) is 124 Å². The minimum Gasteiger partial charge on any atom is -0.455 e. The first-order chi connectivity index (χ1) is 54.8. The highest BCUT2D eigenvalue weighted by Gasteiger charge is 2.82. The number of carbonyl (C=O) groups excluding carboxylic acids is 11. The fraction of sp³-hybridized carbons (Fsp3) is 0.624. The average molecular weight is 1630 g/mol. The van der Waals surface area contributed by atoms with Gasteiger partial charge in [0, 0.05) is 83.9 Å². The molecule has 0 radical (unpaired) electrons. The molecule has 0 amide bonds. The molecule has 118 heavy (non-hydrogen) atoms. The van der Waals surface area contributed by atoms with E-state index in [2.05, 4.69) is 0 Å². The highest BCUT2D eigenvalue weighted by Crippen LogP contribution is 2.70. The Labute approximate surface area is 689 Å². The quantitative estimate of drug-likeness (QED) is 0.0755. The van der Waals surface area contributed by atoms with Crippen molar-refractivity contribution in [3.05, 3.63) is 141 Å². The van der Waals surface area contributed by atoms with Gasteiger partial charge in [0.05, 0.1) is 60.4 Å². The number of benzene rings is 3. The van der Waals surface area contributed by atoms with E-state index >= 15 is 0 Å². The summed E-state index contributed by atoms with van der Waals surface area (Å²) < 4.78 is 54.6. The smallest absolute Gasteiger partial charge is 0.338 e. The Kier molecular flexibility index (Phi) is 21.9. The molecule has 26 atom stereocenters. The van der Waals surface area contributed by atoms with Gasteiger partial charge in [-0.1, -0.05) is 158 Å². The van der Waals surface area contributed by atoms with E-state index in [-0.39, 0.29) is 95.8 Å². The van der Waals surface area contributed by atoms with Crippen molar-refractivity contribution in [1.29, 1.82) is 0 Å². The molecule has 25 heteroatoms. The van der Waals surface area contributed by atoms with Crippen molar-refractivity contribution in [2.75, 3.05) is 19.8 Å². The molecule has 3 aliphatic heterocycles. The summed E-state index contributed by atoms with van der Waals surface area (Å²) in [5, 5.41) is 61.2. The molecular formula is C93H116O25. The third-order valence-electron chi connectivity index (χ3n) is 31.8. The van der Waals surface area contributed by atoms with E-state index < -0.39 is 192 Å². The van der Waals surface area contributed by atoms with E-state index in [1.807, 2.05) is 55.4 Å². The summed E-state index contributed by atoms with van der Waals surface area (Å²) in [5.74, 6) is -11.4. The van der Waals surface area contributed by atoms with Gasteiger partial charge < -0.3 is 68.2 Å². The van der Waals surface area contributed by atoms with Crippen LogP contribution in [0.1, 0.15) is 209 Å². The van der Waals surface area contributed by atoms with E-state index in [0.717, 1.165) is 0 Å². The molecule has 9 fully saturated rings. The minimum atomic E-state index is -2.38. The Morgan fingerprint density at radius 3 is 1.05 bits per heavy atom. The second kappa shape index (κ2) is 29.5. The molecule has 6 bridgehead atoms. The number of aliphatic hydroxyl groups excluding tert-OH is 2. The molecule has 15 rings (SSSR count). The molecule has 3 saturated heterocycles. The number of carbonyl (C=O) groups is 11. The van der Waals surface area contributed by atoms with Crippen LogP contribution in [0.4, 0.5) is 0 Å². The van der Waals surface area contributed by atoms with Crippen LogP contribution in [0.2, 0.25) is 0 Å². The van der Waals surface area contributed by atoms with Crippen molar-refractivity contribution in [2.24, 2.45) is 85.8 Å². The highest BCUT2D eigenvalue weighted by molar-refractivity contribution is 6.05. The number of hydrogen-bond donors (Lipinski definition) is 5. The SMILES string of the molecule is CC(=O)O[C@@]12COC1C[C@H](C)[C@@]1(C)C(=O)[C@H](C)C3=C(C)C(=O)C[C@@](O)([C@@H](OC(=O)c4ccccc4)[C@@H]12)C3(C)C.CC(=O)O[C@@]12COC1C[C@H](C)[C@@]1(C)C(=O)[C@H](C)C3=C(C)C(=O)[C@H](O)[C@@](O)([C@@H](OC(=O)c4ccccc4)[C@@H]12)C3(C)C.CC(=O)O[C@@]12COC1C[C@H](C)[C@@]1(C)C(=O)[C@H](C)C3=C(C)[C@@H](O)C[C@@](O)([C@@H](OC(=O)c4ccccc4)[C@@H]12)C3(C)C. The zero-order valence-electron chi connectivity index (χ0n) is 71.5. The Bertz CT molecular complexity index is 4770. The van der Waals surface area contributed by atoms with Gasteiger partial charge in [-0.05, 0) is 128 Å². The first-order valence-electron chi connectivity index (χ1n) is 41.4. The maximum Gasteiger partial charge on any atom is 0.338 e. The fourth-order valence-corrected chi connectivity index (χ4v) is 25.1. The van der Waals surface area contributed by atoms with E-state index in [4.69, 9.17) is 42.6 Å². The Morgan fingerprint density at radius 1 is 0.415 bits per heavy atom. The molecule has 3 aromatic rings. The lowest BCUT2D eigenvalue weighted by Gasteiger charge is -2.68. The van der Waals surface area contributed by atoms with Crippen molar-refractivity contribution in [3.63, 3.8) is 0 Å². The number of rotatable bonds is 9. The Morgan fingerprint density at radius 2 is 0.720 bits per heavy atom. The van der Waals surface area contributed by atoms with Gasteiger partial charge in [0.25, 0.3) is 0 Å². The molecule has 25 nitrogen and oxygen atoms in total. The van der Waals surface area contributed by atoms with Crippen molar-refractivity contribution in [2.45, 2.75) is 260 Å². The van der Waals surface area contributed by atoms with Crippen LogP contribution in [0.5, 0.6) is 0 Å². The largest absolute Gasteiger partial charge is 0.455 e. The lowest BCUT2D eigenvalue weighted by Crippen LogP contribution is -2.82. The minimum absolute atomic E-state index is 0.00253. The van der Waals surface area contributed by atoms with Gasteiger partial charge in [0.2, 0.25) is 0 Å². The first kappa shape index (κ1) is 87.5. The summed E-state index contributed by atoms with van der Waals surface area (Å²) in [6.07, 6.45) is -8.10. The van der Waals surface area contributed by atoms with Crippen LogP contribution in [-0.2, 0) is 81.0 Å². The van der Waals surface area contributed by atoms with E-state index in [9.17, 15) is 78.3 Å². The second-order valence-corrected chi connectivity index (χ2v) is 38.4. The van der Waals surface area contributed by atoms with Crippen molar-refractivity contribution in [3.8, 4) is 0 Å². The summed E-state index contributed by atoms with van der Waals surface area (Å²) in [6.45, 7) is 36.0. The van der Waals surface area contributed by atoms with E-state index in [1.165, 1.54) is 20.8 Å². The fourth-order valence-electron chi connectivity index (χ4n) is 25.1. The molecular weight excluding hydrogens is 1520 g/mol. The highest BCUT2D eigenvalue weighted by atomic mass is 16.7. The van der Waals surface area contributed by atoms with E-state index in [0.29, 0.717) is 47.1 Å². The second-order valence-electron chi connectivity index (χ2n) is 38.4. The summed E-state index contributed by atoms with van der Waals surface area (Å²) in [7, 11) is 0. The molecule has 3 aromatic carbocycles. The number of Topliss-reactive ketones (excluding diaryl/α,β-unsaturated/α-hetero) is 5. The molecule has 12 aliphatic rings. The predicted octanol–water partition coefficient (Wildman–Crippen LogP) is 10.3. The van der Waals surface area contributed by atoms with Gasteiger partial charge in [-0.2, -0.15) is 0 Å². The van der Waals surface area contributed by atoms with Crippen molar-refractivity contribution < 1.29 is 121 Å². The zero-order valence-corrected chi connectivity index (χ0v) is 71.5. The van der Waals surface area contributed by atoms with Crippen LogP contribution in [0.3, 0.4) is 0 Å². The van der Waals surface area contributed by atoms with Crippen LogP contribution in [-0.4, -0.2) is 193 Å². The molecule has 3 heterocycles. The monoisotopic (exact) mass is 1630 g/mol. The van der Waals surface area contributed by atoms with Crippen molar-refractivity contribution in [1.82, 2.24) is 0 Å². The number of ketones is 5. The lowest BCUT2D eigenvalue weighted by molar-refractivity contribution is -0.342. The van der Waals surface area contributed by atoms with E-state index in [1.54, 1.807) is 160 Å². The number of ether oxygens (including phenoxy) is 9. The van der Waals surface area contributed by atoms with Crippen LogP contribution in [0, 0.1) is 85.8 Å². The lowest BCUT2D eigenvalue weighted by atomic mass is 9.42. The van der Waals surface area contributed by atoms with Crippen LogP contribution in [0.25, 0.3) is 0 Å². The summed E-state index contributed by atoms with van der Waals surface area (Å²) in [6, 6.07) is 25.0. The molecule has 3 unspecified atom stereocenters. The van der Waals surface area contributed by atoms with Gasteiger partial charge in [-0.25, -0.2) is 14.4 Å². The number of hydrogen-bond acceptors (Lipinski definition) is 25. The third kappa shape index (κ3) is 12.2. The number of esters is 6. The summed E-state index contributed by atoms with van der Waals surface area (Å²) in [5.41, 5.74) is -13.6. The summed E-state index contributed by atoms with van der Waals surface area (Å²) >= 11 is 0. The van der Waals surface area contributed by atoms with Gasteiger partial charge in [0.1, 0.15) is 76.9 Å². The molecule has 5 N–H and O–H groups in total. The maximum absolute atomic E-state index is 14.7. The van der Waals surface area contributed by atoms with Gasteiger partial charge in [-0.3, -0.25) is 38.4 Å². The number of fused-ring (bicyclic) bond motifs is 15. The Balaban J connectivity index is 0.000000153. The topological polar surface area (TPSA) is 372 Å². The van der Waals surface area contributed by atoms with Crippen molar-refractivity contribution >= 4 is 64.7 Å². The van der Waals surface area contributed by atoms with Gasteiger partial charge in [0.15, 0.2) is 28.4 Å². The van der Waals surface area contributed by atoms with Gasteiger partial charge >= 0.3 is 35.8 Å². The molecule has 9 aliphatic carbocycles. The first-order valence-corrected chi connectivity index (χ1v) is 41.4. The standard InChI is InChI=1S/C31H38O9.C31H40O8.C31H38O8/c1-15-13-20-30(14-38-20,40-18(4)32)23-26(39-27(36)19-11-9-8-10-12-19)31(37)25(35)22(33)16(2)21(28(31,5)6)17(3)24(34)29(15,23)7;2*1-16-13-22-30(15-37-22,39-19(4)32)24-26(38-27(35)20-11-9-8-10-12-20)31(36)14-21(33)17(2)23(28(31,5)6)18(3)25(34)29(16,24)7/h8-12,15,17,20,23,25-26,35,37H,13-14H2,1-7H3;8-12,16,18,21-22,24,26,33,36H,13-15H2,1-7H3;8-12,16,18,22,24,26,36H,13-15H2,1-7H3/t15-,17+,20?,23-,25-,26-,29+,30-,31+;16-,18+,21-,22?,24-,26-,29+,30-,31+;16-,18+,22?,24-,26-,29+,30-,31+/m000/s1. The predicted molar refractivity (Wildman–Crippen MR) is 424 cm³/mol. The summed E-state index contributed by atoms with van der Waals surface area (Å²) in [4.78, 5) is 150. The third-order valence-corrected chi connectivity index (χ3v) is 31.8. The molecule has 0 aromatic heterocycles. The van der Waals surface area contributed by atoms with Crippen LogP contribution < -0.4 is 0 Å². The molecule has 638 valence electrons. The van der Waals surface area contributed by atoms with Crippen LogP contribution >= 0.6 is 0 Å². The number of aliphatic hydroxyl groups is 5. The molecule has 6 saturated carbocycles. The number of allylic oxidation sites excluding steroid dienone is 1. The zero-order chi connectivity index (χ0) is 87.0. The van der Waals surface area contributed by atoms with Gasteiger partial charge in [-0.15, -0.1) is 0 Å². The average Bonchev–Trinajstić information content (AvgIpc) is 0.685. The maximum atomic E-state index is 14.7. The Hall–Kier alpha value is -8.27. The normalized spacial score (nSPS) is 41.9.